The second kappa shape index (κ2) is 5.09. The number of hydrogen-bond donors (Lipinski definition) is 3. The standard InChI is InChI=1S/C11H14N4OS/c12-10(17)8-2-1-5-13-11(8)15-7-3-4-9(16)14-6-7/h1-2,5,7H,3-4,6H2,(H2,12,17)(H,13,15)(H,14,16). The fourth-order valence-corrected chi connectivity index (χ4v) is 1.93. The van der Waals surface area contributed by atoms with Gasteiger partial charge in [-0.3, -0.25) is 4.79 Å². The first-order valence-corrected chi connectivity index (χ1v) is 5.85. The van der Waals surface area contributed by atoms with Crippen LogP contribution in [0.3, 0.4) is 0 Å². The number of hydrogen-bond acceptors (Lipinski definition) is 4. The van der Waals surface area contributed by atoms with Crippen molar-refractivity contribution in [2.24, 2.45) is 5.73 Å². The molecule has 5 nitrogen and oxygen atoms in total. The van der Waals surface area contributed by atoms with Gasteiger partial charge in [0.15, 0.2) is 0 Å². The number of amides is 1. The number of pyridine rings is 1. The summed E-state index contributed by atoms with van der Waals surface area (Å²) in [6.07, 6.45) is 3.01. The van der Waals surface area contributed by atoms with Crippen molar-refractivity contribution in [1.82, 2.24) is 10.3 Å². The van der Waals surface area contributed by atoms with Gasteiger partial charge in [0.1, 0.15) is 10.8 Å². The summed E-state index contributed by atoms with van der Waals surface area (Å²) < 4.78 is 0. The van der Waals surface area contributed by atoms with Gasteiger partial charge < -0.3 is 16.4 Å². The minimum atomic E-state index is 0.0960. The topological polar surface area (TPSA) is 80.0 Å². The predicted molar refractivity (Wildman–Crippen MR) is 69.8 cm³/mol. The van der Waals surface area contributed by atoms with Gasteiger partial charge in [-0.25, -0.2) is 4.98 Å². The van der Waals surface area contributed by atoms with Crippen molar-refractivity contribution in [3.8, 4) is 0 Å². The van der Waals surface area contributed by atoms with Crippen molar-refractivity contribution in [1.29, 1.82) is 0 Å². The summed E-state index contributed by atoms with van der Waals surface area (Å²) >= 11 is 4.96. The van der Waals surface area contributed by atoms with Gasteiger partial charge in [0.05, 0.1) is 5.56 Å². The summed E-state index contributed by atoms with van der Waals surface area (Å²) in [6.45, 7) is 0.603. The largest absolute Gasteiger partial charge is 0.389 e. The van der Waals surface area contributed by atoms with E-state index in [-0.39, 0.29) is 11.9 Å². The third kappa shape index (κ3) is 2.91. The normalized spacial score (nSPS) is 19.5. The molecule has 4 N–H and O–H groups in total. The molecule has 17 heavy (non-hydrogen) atoms. The Morgan fingerprint density at radius 2 is 2.47 bits per heavy atom. The van der Waals surface area contributed by atoms with Crippen LogP contribution in [0.25, 0.3) is 0 Å². The molecule has 6 heteroatoms. The highest BCUT2D eigenvalue weighted by atomic mass is 32.1. The van der Waals surface area contributed by atoms with Crippen LogP contribution in [0.5, 0.6) is 0 Å². The van der Waals surface area contributed by atoms with Crippen molar-refractivity contribution < 1.29 is 4.79 Å². The molecule has 2 heterocycles. The molecule has 0 aliphatic carbocycles. The number of piperidine rings is 1. The summed E-state index contributed by atoms with van der Waals surface area (Å²) in [5.41, 5.74) is 6.36. The molecular formula is C11H14N4OS. The molecule has 1 aliphatic heterocycles. The van der Waals surface area contributed by atoms with Crippen molar-refractivity contribution in [3.63, 3.8) is 0 Å². The van der Waals surface area contributed by atoms with Crippen LogP contribution in [0.1, 0.15) is 18.4 Å². The first-order valence-electron chi connectivity index (χ1n) is 5.45. The number of anilines is 1. The van der Waals surface area contributed by atoms with Gasteiger partial charge in [-0.05, 0) is 18.6 Å². The average molecular weight is 250 g/mol. The van der Waals surface area contributed by atoms with Crippen LogP contribution in [0.2, 0.25) is 0 Å². The molecule has 1 aromatic rings. The number of rotatable bonds is 3. The van der Waals surface area contributed by atoms with Gasteiger partial charge in [-0.15, -0.1) is 0 Å². The van der Waals surface area contributed by atoms with Crippen LogP contribution < -0.4 is 16.4 Å². The van der Waals surface area contributed by atoms with Crippen LogP contribution >= 0.6 is 12.2 Å². The van der Waals surface area contributed by atoms with Crippen LogP contribution in [-0.2, 0) is 4.79 Å². The molecule has 1 atom stereocenters. The Hall–Kier alpha value is -1.69. The number of carbonyl (C=O) groups excluding carboxylic acids is 1. The van der Waals surface area contributed by atoms with E-state index in [1.54, 1.807) is 12.3 Å². The third-order valence-corrected chi connectivity index (χ3v) is 2.90. The molecule has 0 spiro atoms. The van der Waals surface area contributed by atoms with E-state index < -0.39 is 0 Å². The minimum Gasteiger partial charge on any atom is -0.389 e. The number of aromatic nitrogens is 1. The molecule has 1 amide bonds. The maximum atomic E-state index is 11.0. The lowest BCUT2D eigenvalue weighted by molar-refractivity contribution is -0.122. The van der Waals surface area contributed by atoms with Crippen molar-refractivity contribution in [3.05, 3.63) is 23.9 Å². The predicted octanol–water partition coefficient (Wildman–Crippen LogP) is 0.406. The van der Waals surface area contributed by atoms with Gasteiger partial charge in [0, 0.05) is 25.2 Å². The summed E-state index contributed by atoms with van der Waals surface area (Å²) in [4.78, 5) is 15.6. The monoisotopic (exact) mass is 250 g/mol. The van der Waals surface area contributed by atoms with E-state index in [2.05, 4.69) is 15.6 Å². The second-order valence-electron chi connectivity index (χ2n) is 3.95. The molecule has 0 radical (unpaired) electrons. The Balaban J connectivity index is 2.08. The molecule has 90 valence electrons. The lowest BCUT2D eigenvalue weighted by atomic mass is 10.1. The highest BCUT2D eigenvalue weighted by molar-refractivity contribution is 7.80. The second-order valence-corrected chi connectivity index (χ2v) is 4.39. The fraction of sp³-hybridized carbons (Fsp3) is 0.364. The molecule has 1 aliphatic rings. The molecule has 1 aromatic heterocycles. The molecule has 0 aromatic carbocycles. The number of carbonyl (C=O) groups is 1. The summed E-state index contributed by atoms with van der Waals surface area (Å²) in [5, 5.41) is 6.07. The number of nitrogens with two attached hydrogens (primary N) is 1. The zero-order valence-electron chi connectivity index (χ0n) is 9.27. The van der Waals surface area contributed by atoms with Gasteiger partial charge in [-0.1, -0.05) is 12.2 Å². The van der Waals surface area contributed by atoms with Crippen molar-refractivity contribution in [2.75, 3.05) is 11.9 Å². The van der Waals surface area contributed by atoms with E-state index in [9.17, 15) is 4.79 Å². The zero-order valence-corrected chi connectivity index (χ0v) is 10.1. The van der Waals surface area contributed by atoms with Crippen molar-refractivity contribution >= 4 is 28.9 Å². The Bertz CT molecular complexity index is 439. The molecule has 0 saturated carbocycles. The first kappa shape index (κ1) is 11.8. The quantitative estimate of drug-likeness (QED) is 0.677. The Kier molecular flexibility index (Phi) is 3.53. The number of thiocarbonyl (C=S) groups is 1. The van der Waals surface area contributed by atoms with Gasteiger partial charge >= 0.3 is 0 Å². The molecule has 1 fully saturated rings. The van der Waals surface area contributed by atoms with E-state index in [4.69, 9.17) is 18.0 Å². The van der Waals surface area contributed by atoms with E-state index in [1.807, 2.05) is 6.07 Å². The van der Waals surface area contributed by atoms with Crippen LogP contribution in [0.15, 0.2) is 18.3 Å². The first-order chi connectivity index (χ1) is 8.16. The lowest BCUT2D eigenvalue weighted by Crippen LogP contribution is -2.42. The van der Waals surface area contributed by atoms with Crippen LogP contribution in [0, 0.1) is 0 Å². The number of nitrogens with zero attached hydrogens (tertiary/aromatic N) is 1. The Labute approximate surface area is 105 Å². The number of nitrogens with one attached hydrogen (secondary N) is 2. The maximum absolute atomic E-state index is 11.0. The molecule has 2 rings (SSSR count). The summed E-state index contributed by atoms with van der Waals surface area (Å²) in [7, 11) is 0. The smallest absolute Gasteiger partial charge is 0.220 e. The van der Waals surface area contributed by atoms with E-state index in [0.29, 0.717) is 23.8 Å². The van der Waals surface area contributed by atoms with E-state index in [1.165, 1.54) is 0 Å². The Morgan fingerprint density at radius 1 is 1.65 bits per heavy atom. The van der Waals surface area contributed by atoms with Gasteiger partial charge in [0.25, 0.3) is 0 Å². The highest BCUT2D eigenvalue weighted by Crippen LogP contribution is 2.15. The third-order valence-electron chi connectivity index (χ3n) is 2.68. The summed E-state index contributed by atoms with van der Waals surface area (Å²) in [5.74, 6) is 0.778. The SMILES string of the molecule is NC(=S)c1cccnc1NC1CCC(=O)NC1. The molecule has 0 bridgehead atoms. The highest BCUT2D eigenvalue weighted by Gasteiger charge is 2.19. The van der Waals surface area contributed by atoms with E-state index in [0.717, 1.165) is 12.0 Å². The average Bonchev–Trinajstić information content (AvgIpc) is 2.32. The van der Waals surface area contributed by atoms with Crippen LogP contribution in [0.4, 0.5) is 5.82 Å². The maximum Gasteiger partial charge on any atom is 0.220 e. The van der Waals surface area contributed by atoms with Crippen molar-refractivity contribution in [2.45, 2.75) is 18.9 Å². The van der Waals surface area contributed by atoms with E-state index >= 15 is 0 Å². The zero-order chi connectivity index (χ0) is 12.3. The Morgan fingerprint density at radius 3 is 3.12 bits per heavy atom. The van der Waals surface area contributed by atoms with Crippen LogP contribution in [-0.4, -0.2) is 28.5 Å². The molecule has 1 unspecified atom stereocenters. The van der Waals surface area contributed by atoms with Gasteiger partial charge in [-0.2, -0.15) is 0 Å². The molecule has 1 saturated heterocycles. The fourth-order valence-electron chi connectivity index (χ4n) is 1.77. The minimum absolute atomic E-state index is 0.0960. The van der Waals surface area contributed by atoms with Gasteiger partial charge in [0.2, 0.25) is 5.91 Å². The molecular weight excluding hydrogens is 236 g/mol. The lowest BCUT2D eigenvalue weighted by Gasteiger charge is -2.24. The summed E-state index contributed by atoms with van der Waals surface area (Å²) in [6, 6.07) is 3.80.